The molecule has 5 heteroatoms. The lowest BCUT2D eigenvalue weighted by molar-refractivity contribution is -0.116. The molecule has 0 saturated heterocycles. The van der Waals surface area contributed by atoms with E-state index in [4.69, 9.17) is 22.6 Å². The standard InChI is InChI=1S/C13H16ClN3O/c1-9(2)7-17(8-13(16)18)12-5-11(14)4-3-10(12)6-15/h3-5,9H,7-8H2,1-2H3,(H2,16,18). The van der Waals surface area contributed by atoms with E-state index in [1.807, 2.05) is 13.8 Å². The van der Waals surface area contributed by atoms with Gasteiger partial charge in [-0.1, -0.05) is 25.4 Å². The zero-order valence-electron chi connectivity index (χ0n) is 10.5. The van der Waals surface area contributed by atoms with E-state index in [1.54, 1.807) is 23.1 Å². The van der Waals surface area contributed by atoms with Crippen LogP contribution in [0.1, 0.15) is 19.4 Å². The predicted molar refractivity (Wildman–Crippen MR) is 72.4 cm³/mol. The maximum atomic E-state index is 11.1. The Bertz CT molecular complexity index is 480. The molecule has 0 fully saturated rings. The van der Waals surface area contributed by atoms with Gasteiger partial charge < -0.3 is 10.6 Å². The summed E-state index contributed by atoms with van der Waals surface area (Å²) in [6, 6.07) is 7.08. The van der Waals surface area contributed by atoms with E-state index in [0.717, 1.165) is 0 Å². The van der Waals surface area contributed by atoms with Crippen molar-refractivity contribution < 1.29 is 4.79 Å². The number of hydrogen-bond donors (Lipinski definition) is 1. The zero-order valence-corrected chi connectivity index (χ0v) is 11.2. The van der Waals surface area contributed by atoms with Crippen LogP contribution in [0.3, 0.4) is 0 Å². The highest BCUT2D eigenvalue weighted by atomic mass is 35.5. The molecule has 0 unspecified atom stereocenters. The lowest BCUT2D eigenvalue weighted by atomic mass is 10.1. The summed E-state index contributed by atoms with van der Waals surface area (Å²) >= 11 is 5.94. The van der Waals surface area contributed by atoms with Crippen molar-refractivity contribution >= 4 is 23.2 Å². The van der Waals surface area contributed by atoms with Crippen molar-refractivity contribution in [1.29, 1.82) is 5.26 Å². The lowest BCUT2D eigenvalue weighted by Crippen LogP contribution is -2.36. The van der Waals surface area contributed by atoms with Crippen molar-refractivity contribution in [2.45, 2.75) is 13.8 Å². The highest BCUT2D eigenvalue weighted by molar-refractivity contribution is 6.30. The molecular formula is C13H16ClN3O. The number of carbonyl (C=O) groups excluding carboxylic acids is 1. The average Bonchev–Trinajstić information content (AvgIpc) is 2.26. The normalized spacial score (nSPS) is 10.2. The number of anilines is 1. The maximum Gasteiger partial charge on any atom is 0.236 e. The van der Waals surface area contributed by atoms with Crippen LogP contribution in [0.25, 0.3) is 0 Å². The molecule has 18 heavy (non-hydrogen) atoms. The molecule has 1 aromatic carbocycles. The van der Waals surface area contributed by atoms with Gasteiger partial charge in [0.15, 0.2) is 0 Å². The number of halogens is 1. The van der Waals surface area contributed by atoms with Gasteiger partial charge in [0.25, 0.3) is 0 Å². The summed E-state index contributed by atoms with van der Waals surface area (Å²) in [7, 11) is 0. The second-order valence-corrected chi connectivity index (χ2v) is 4.95. The number of nitrogens with two attached hydrogens (primary N) is 1. The van der Waals surface area contributed by atoms with Crippen LogP contribution in [0.2, 0.25) is 5.02 Å². The highest BCUT2D eigenvalue weighted by Crippen LogP contribution is 2.25. The summed E-state index contributed by atoms with van der Waals surface area (Å²) in [5.74, 6) is -0.0885. The SMILES string of the molecule is CC(C)CN(CC(N)=O)c1cc(Cl)ccc1C#N. The molecule has 1 aromatic rings. The summed E-state index contributed by atoms with van der Waals surface area (Å²) in [6.45, 7) is 4.78. The van der Waals surface area contributed by atoms with Crippen molar-refractivity contribution in [3.8, 4) is 6.07 Å². The minimum atomic E-state index is -0.431. The monoisotopic (exact) mass is 265 g/mol. The number of rotatable bonds is 5. The van der Waals surface area contributed by atoms with Gasteiger partial charge in [-0.15, -0.1) is 0 Å². The Kier molecular flexibility index (Phi) is 4.99. The fraction of sp³-hybridized carbons (Fsp3) is 0.385. The summed E-state index contributed by atoms with van der Waals surface area (Å²) in [4.78, 5) is 12.9. The van der Waals surface area contributed by atoms with E-state index < -0.39 is 5.91 Å². The molecule has 2 N–H and O–H groups in total. The minimum absolute atomic E-state index is 0.0766. The molecule has 0 radical (unpaired) electrons. The summed E-state index contributed by atoms with van der Waals surface area (Å²) in [5.41, 5.74) is 6.38. The van der Waals surface area contributed by atoms with E-state index in [2.05, 4.69) is 6.07 Å². The van der Waals surface area contributed by atoms with Gasteiger partial charge in [-0.05, 0) is 24.1 Å². The van der Waals surface area contributed by atoms with Crippen LogP contribution in [-0.2, 0) is 4.79 Å². The van der Waals surface area contributed by atoms with Gasteiger partial charge in [-0.25, -0.2) is 0 Å². The van der Waals surface area contributed by atoms with Crippen LogP contribution in [0.4, 0.5) is 5.69 Å². The minimum Gasteiger partial charge on any atom is -0.368 e. The summed E-state index contributed by atoms with van der Waals surface area (Å²) in [5, 5.41) is 9.62. The molecule has 0 bridgehead atoms. The van der Waals surface area contributed by atoms with Crippen LogP contribution in [0.15, 0.2) is 18.2 Å². The molecule has 96 valence electrons. The Labute approximate surface area is 112 Å². The van der Waals surface area contributed by atoms with Gasteiger partial charge in [0.1, 0.15) is 6.07 Å². The van der Waals surface area contributed by atoms with E-state index in [-0.39, 0.29) is 6.54 Å². The molecule has 1 rings (SSSR count). The largest absolute Gasteiger partial charge is 0.368 e. The Morgan fingerprint density at radius 1 is 1.56 bits per heavy atom. The fourth-order valence-electron chi connectivity index (χ4n) is 1.74. The molecule has 0 spiro atoms. The Hall–Kier alpha value is -1.73. The van der Waals surface area contributed by atoms with Crippen molar-refractivity contribution in [2.75, 3.05) is 18.0 Å². The summed E-state index contributed by atoms with van der Waals surface area (Å²) < 4.78 is 0. The topological polar surface area (TPSA) is 70.1 Å². The smallest absolute Gasteiger partial charge is 0.236 e. The second-order valence-electron chi connectivity index (χ2n) is 4.51. The fourth-order valence-corrected chi connectivity index (χ4v) is 1.90. The number of carbonyl (C=O) groups is 1. The lowest BCUT2D eigenvalue weighted by Gasteiger charge is -2.26. The van der Waals surface area contributed by atoms with Gasteiger partial charge in [0.2, 0.25) is 5.91 Å². The zero-order chi connectivity index (χ0) is 13.7. The van der Waals surface area contributed by atoms with Gasteiger partial charge >= 0.3 is 0 Å². The predicted octanol–water partition coefficient (Wildman–Crippen LogP) is 2.16. The van der Waals surface area contributed by atoms with Crippen molar-refractivity contribution in [3.63, 3.8) is 0 Å². The molecular weight excluding hydrogens is 250 g/mol. The highest BCUT2D eigenvalue weighted by Gasteiger charge is 2.15. The van der Waals surface area contributed by atoms with E-state index in [1.165, 1.54) is 0 Å². The quantitative estimate of drug-likeness (QED) is 0.887. The van der Waals surface area contributed by atoms with E-state index in [9.17, 15) is 4.79 Å². The van der Waals surface area contributed by atoms with Crippen LogP contribution in [0, 0.1) is 17.2 Å². The van der Waals surface area contributed by atoms with E-state index >= 15 is 0 Å². The molecule has 0 aliphatic heterocycles. The Balaban J connectivity index is 3.14. The number of hydrogen-bond acceptors (Lipinski definition) is 3. The third-order valence-corrected chi connectivity index (χ3v) is 2.59. The average molecular weight is 266 g/mol. The number of nitriles is 1. The Morgan fingerprint density at radius 2 is 2.22 bits per heavy atom. The molecule has 0 atom stereocenters. The van der Waals surface area contributed by atoms with Gasteiger partial charge in [-0.3, -0.25) is 4.79 Å². The first kappa shape index (κ1) is 14.3. The third-order valence-electron chi connectivity index (χ3n) is 2.35. The van der Waals surface area contributed by atoms with Crippen LogP contribution in [-0.4, -0.2) is 19.0 Å². The molecule has 0 aliphatic carbocycles. The van der Waals surface area contributed by atoms with Crippen LogP contribution in [0.5, 0.6) is 0 Å². The third kappa shape index (κ3) is 3.94. The first-order valence-electron chi connectivity index (χ1n) is 5.67. The molecule has 4 nitrogen and oxygen atoms in total. The maximum absolute atomic E-state index is 11.1. The second kappa shape index (κ2) is 6.27. The molecule has 0 aromatic heterocycles. The first-order valence-corrected chi connectivity index (χ1v) is 6.04. The number of amides is 1. The molecule has 0 heterocycles. The van der Waals surface area contributed by atoms with Gasteiger partial charge in [-0.2, -0.15) is 5.26 Å². The molecule has 0 aliphatic rings. The number of benzene rings is 1. The summed E-state index contributed by atoms with van der Waals surface area (Å²) in [6.07, 6.45) is 0. The molecule has 1 amide bonds. The number of nitrogens with zero attached hydrogens (tertiary/aromatic N) is 2. The van der Waals surface area contributed by atoms with Crippen LogP contribution < -0.4 is 10.6 Å². The van der Waals surface area contributed by atoms with E-state index in [0.29, 0.717) is 28.7 Å². The Morgan fingerprint density at radius 3 is 2.72 bits per heavy atom. The van der Waals surface area contributed by atoms with Gasteiger partial charge in [0, 0.05) is 11.6 Å². The first-order chi connectivity index (χ1) is 8.43. The van der Waals surface area contributed by atoms with Crippen molar-refractivity contribution in [1.82, 2.24) is 0 Å². The number of primary amides is 1. The van der Waals surface area contributed by atoms with Gasteiger partial charge in [0.05, 0.1) is 17.8 Å². The van der Waals surface area contributed by atoms with Crippen molar-refractivity contribution in [2.24, 2.45) is 11.7 Å². The van der Waals surface area contributed by atoms with Crippen molar-refractivity contribution in [3.05, 3.63) is 28.8 Å². The molecule has 0 saturated carbocycles. The van der Waals surface area contributed by atoms with Crippen LogP contribution >= 0.6 is 11.6 Å².